The van der Waals surface area contributed by atoms with Crippen molar-refractivity contribution in [2.24, 2.45) is 5.92 Å². The van der Waals surface area contributed by atoms with Crippen LogP contribution in [0.3, 0.4) is 0 Å². The van der Waals surface area contributed by atoms with E-state index in [2.05, 4.69) is 90.4 Å². The Morgan fingerprint density at radius 1 is 0.767 bits per heavy atom. The summed E-state index contributed by atoms with van der Waals surface area (Å²) in [7, 11) is 0. The van der Waals surface area contributed by atoms with Crippen LogP contribution in [0.2, 0.25) is 0 Å². The molecule has 1 unspecified atom stereocenters. The van der Waals surface area contributed by atoms with Gasteiger partial charge in [-0.25, -0.2) is 0 Å². The zero-order chi connectivity index (χ0) is 21.2. The number of benzene rings is 3. The first-order valence-corrected chi connectivity index (χ1v) is 12.8. The first-order valence-electron chi connectivity index (χ1n) is 12.0. The molecule has 0 spiro atoms. The second-order valence-corrected chi connectivity index (χ2v) is 9.51. The molecule has 3 aromatic carbocycles. The Labute approximate surface area is 192 Å². The molecule has 0 heterocycles. The Kier molecular flexibility index (Phi) is 9.46. The minimum atomic E-state index is 0.874. The Morgan fingerprint density at radius 2 is 1.53 bits per heavy atom. The molecule has 1 atom stereocenters. The van der Waals surface area contributed by atoms with Crippen molar-refractivity contribution in [1.29, 1.82) is 0 Å². The van der Waals surface area contributed by atoms with Gasteiger partial charge in [0.05, 0.1) is 0 Å². The average molecular weight is 466 g/mol. The van der Waals surface area contributed by atoms with Gasteiger partial charge in [0.2, 0.25) is 0 Å². The van der Waals surface area contributed by atoms with E-state index in [0.29, 0.717) is 0 Å². The van der Waals surface area contributed by atoms with Crippen LogP contribution in [0.25, 0.3) is 21.9 Å². The lowest BCUT2D eigenvalue weighted by molar-refractivity contribution is 0.412. The molecule has 0 bridgehead atoms. The minimum Gasteiger partial charge on any atom is -0.0654 e. The van der Waals surface area contributed by atoms with E-state index in [1.165, 1.54) is 96.1 Å². The Morgan fingerprint density at radius 3 is 2.30 bits per heavy atom. The largest absolute Gasteiger partial charge is 0.0654 e. The third-order valence-corrected chi connectivity index (χ3v) is 7.34. The van der Waals surface area contributed by atoms with Gasteiger partial charge in [-0.15, -0.1) is 0 Å². The molecule has 3 aromatic rings. The first kappa shape index (κ1) is 23.1. The van der Waals surface area contributed by atoms with Gasteiger partial charge in [0.1, 0.15) is 0 Å². The van der Waals surface area contributed by atoms with Crippen molar-refractivity contribution in [2.45, 2.75) is 78.1 Å². The van der Waals surface area contributed by atoms with Crippen LogP contribution in [0.5, 0.6) is 0 Å². The molecule has 0 aliphatic carbocycles. The van der Waals surface area contributed by atoms with E-state index >= 15 is 0 Å². The molecule has 160 valence electrons. The van der Waals surface area contributed by atoms with E-state index in [0.717, 1.165) is 5.92 Å². The summed E-state index contributed by atoms with van der Waals surface area (Å²) in [6, 6.07) is 22.2. The summed E-state index contributed by atoms with van der Waals surface area (Å²) in [6.45, 7) is 4.66. The molecule has 3 rings (SSSR count). The van der Waals surface area contributed by atoms with Crippen molar-refractivity contribution in [3.63, 3.8) is 0 Å². The smallest absolute Gasteiger partial charge is 0.0332 e. The zero-order valence-corrected chi connectivity index (χ0v) is 20.4. The summed E-state index contributed by atoms with van der Waals surface area (Å²) in [5.41, 5.74) is 4.00. The average Bonchev–Trinajstić information content (AvgIpc) is 2.79. The van der Waals surface area contributed by atoms with Crippen molar-refractivity contribution >= 4 is 26.7 Å². The molecule has 0 saturated heterocycles. The molecule has 0 fully saturated rings. The van der Waals surface area contributed by atoms with Gasteiger partial charge in [-0.2, -0.15) is 0 Å². The first-order chi connectivity index (χ1) is 14.7. The minimum absolute atomic E-state index is 0.874. The van der Waals surface area contributed by atoms with E-state index < -0.39 is 0 Å². The van der Waals surface area contributed by atoms with Crippen LogP contribution in [0, 0.1) is 5.92 Å². The SMILES string of the molecule is CCCCCCCCC(CC)CCc1ccc2c(Br)c(-c3ccccc3)ccc2c1. The van der Waals surface area contributed by atoms with Crippen molar-refractivity contribution in [1.82, 2.24) is 0 Å². The lowest BCUT2D eigenvalue weighted by Gasteiger charge is -2.15. The molecule has 0 aliphatic heterocycles. The van der Waals surface area contributed by atoms with E-state index in [9.17, 15) is 0 Å². The van der Waals surface area contributed by atoms with Gasteiger partial charge in [0.15, 0.2) is 0 Å². The Hall–Kier alpha value is -1.60. The van der Waals surface area contributed by atoms with Crippen LogP contribution in [0.1, 0.15) is 77.2 Å². The zero-order valence-electron chi connectivity index (χ0n) is 18.8. The number of aryl methyl sites for hydroxylation is 1. The lowest BCUT2D eigenvalue weighted by Crippen LogP contribution is -2.01. The predicted molar refractivity (Wildman–Crippen MR) is 137 cm³/mol. The maximum atomic E-state index is 3.87. The highest BCUT2D eigenvalue weighted by Crippen LogP contribution is 2.35. The van der Waals surface area contributed by atoms with Crippen LogP contribution in [0.15, 0.2) is 65.1 Å². The lowest BCUT2D eigenvalue weighted by atomic mass is 9.91. The number of hydrogen-bond donors (Lipinski definition) is 0. The monoisotopic (exact) mass is 464 g/mol. The van der Waals surface area contributed by atoms with Crippen LogP contribution >= 0.6 is 15.9 Å². The van der Waals surface area contributed by atoms with Crippen LogP contribution in [-0.4, -0.2) is 0 Å². The number of unbranched alkanes of at least 4 members (excludes halogenated alkanes) is 5. The highest BCUT2D eigenvalue weighted by atomic mass is 79.9. The number of rotatable bonds is 12. The molecule has 0 radical (unpaired) electrons. The Bertz CT molecular complexity index is 897. The molecule has 0 aromatic heterocycles. The van der Waals surface area contributed by atoms with Gasteiger partial charge in [0, 0.05) is 4.47 Å². The van der Waals surface area contributed by atoms with Gasteiger partial charge in [-0.05, 0) is 62.2 Å². The highest BCUT2D eigenvalue weighted by molar-refractivity contribution is 9.10. The Balaban J connectivity index is 1.59. The summed E-state index contributed by atoms with van der Waals surface area (Å²) in [5, 5.41) is 2.64. The van der Waals surface area contributed by atoms with Crippen molar-refractivity contribution in [3.05, 3.63) is 70.7 Å². The third-order valence-electron chi connectivity index (χ3n) is 6.49. The van der Waals surface area contributed by atoms with Crippen LogP contribution < -0.4 is 0 Å². The summed E-state index contributed by atoms with van der Waals surface area (Å²) < 4.78 is 1.20. The number of fused-ring (bicyclic) bond motifs is 1. The molecule has 0 amide bonds. The molecule has 0 aliphatic rings. The van der Waals surface area contributed by atoms with Gasteiger partial charge in [-0.1, -0.05) is 126 Å². The van der Waals surface area contributed by atoms with Gasteiger partial charge in [-0.3, -0.25) is 0 Å². The van der Waals surface area contributed by atoms with Crippen LogP contribution in [0.4, 0.5) is 0 Å². The van der Waals surface area contributed by atoms with Crippen molar-refractivity contribution < 1.29 is 0 Å². The third kappa shape index (κ3) is 6.45. The van der Waals surface area contributed by atoms with E-state index in [4.69, 9.17) is 0 Å². The second kappa shape index (κ2) is 12.3. The van der Waals surface area contributed by atoms with Gasteiger partial charge < -0.3 is 0 Å². The molecular weight excluding hydrogens is 428 g/mol. The molecule has 0 N–H and O–H groups in total. The molecule has 1 heteroatoms. The van der Waals surface area contributed by atoms with Gasteiger partial charge in [0.25, 0.3) is 0 Å². The molecule has 0 nitrogen and oxygen atoms in total. The van der Waals surface area contributed by atoms with Crippen molar-refractivity contribution in [3.8, 4) is 11.1 Å². The summed E-state index contributed by atoms with van der Waals surface area (Å²) in [4.78, 5) is 0. The van der Waals surface area contributed by atoms with Crippen molar-refractivity contribution in [2.75, 3.05) is 0 Å². The van der Waals surface area contributed by atoms with E-state index in [1.807, 2.05) is 0 Å². The highest BCUT2D eigenvalue weighted by Gasteiger charge is 2.10. The standard InChI is InChI=1S/C29H37Br/c1-3-5-6-7-8-10-13-23(4-2)16-17-24-18-20-28-26(22-24)19-21-27(29(28)30)25-14-11-9-12-15-25/h9,11-12,14-15,18-23H,3-8,10,13,16-17H2,1-2H3. The predicted octanol–water partition coefficient (Wildman–Crippen LogP) is 9.98. The fraction of sp³-hybridized carbons (Fsp3) is 0.448. The summed E-state index contributed by atoms with van der Waals surface area (Å²) >= 11 is 3.87. The quantitative estimate of drug-likeness (QED) is 0.233. The normalized spacial score (nSPS) is 12.4. The van der Waals surface area contributed by atoms with E-state index in [-0.39, 0.29) is 0 Å². The van der Waals surface area contributed by atoms with Gasteiger partial charge >= 0.3 is 0 Å². The fourth-order valence-corrected chi connectivity index (χ4v) is 5.20. The maximum absolute atomic E-state index is 3.87. The van der Waals surface area contributed by atoms with Crippen LogP contribution in [-0.2, 0) is 6.42 Å². The summed E-state index contributed by atoms with van der Waals surface area (Å²) in [5.74, 6) is 0.874. The number of halogens is 1. The molecule has 0 saturated carbocycles. The van der Waals surface area contributed by atoms with E-state index in [1.54, 1.807) is 0 Å². The molecular formula is C29H37Br. The number of hydrogen-bond acceptors (Lipinski definition) is 0. The summed E-state index contributed by atoms with van der Waals surface area (Å²) in [6.07, 6.45) is 13.7. The fourth-order valence-electron chi connectivity index (χ4n) is 4.47. The maximum Gasteiger partial charge on any atom is 0.0332 e. The molecule has 30 heavy (non-hydrogen) atoms. The topological polar surface area (TPSA) is 0 Å². The second-order valence-electron chi connectivity index (χ2n) is 8.72.